The summed E-state index contributed by atoms with van der Waals surface area (Å²) in [5.41, 5.74) is 2.26. The molecule has 0 heterocycles. The maximum atomic E-state index is 10.6. The highest BCUT2D eigenvalue weighted by molar-refractivity contribution is 5.80. The van der Waals surface area contributed by atoms with Crippen LogP contribution in [0.1, 0.15) is 34.1 Å². The monoisotopic (exact) mass is 156 g/mol. The van der Waals surface area contributed by atoms with Crippen LogP contribution >= 0.6 is 0 Å². The number of carbonyl (C=O) groups is 1. The van der Waals surface area contributed by atoms with E-state index in [-0.39, 0.29) is 5.78 Å². The van der Waals surface area contributed by atoms with E-state index in [1.165, 1.54) is 12.5 Å². The lowest BCUT2D eigenvalue weighted by molar-refractivity contribution is -0.124. The molecule has 0 amide bonds. The van der Waals surface area contributed by atoms with E-state index in [1.54, 1.807) is 0 Å². The summed E-state index contributed by atoms with van der Waals surface area (Å²) in [7, 11) is 0. The fraction of sp³-hybridized carbons (Fsp3) is 0.667. The zero-order chi connectivity index (χ0) is 9.02. The number of hydrogen-bond donors (Lipinski definition) is 1. The van der Waals surface area contributed by atoms with E-state index >= 15 is 0 Å². The summed E-state index contributed by atoms with van der Waals surface area (Å²) in [6.45, 7) is 7.29. The highest BCUT2D eigenvalue weighted by Crippen LogP contribution is 2.09. The van der Waals surface area contributed by atoms with Crippen LogP contribution in [-0.4, -0.2) is 17.0 Å². The maximum absolute atomic E-state index is 10.6. The van der Waals surface area contributed by atoms with Crippen LogP contribution in [0.3, 0.4) is 0 Å². The Morgan fingerprint density at radius 1 is 1.27 bits per heavy atom. The van der Waals surface area contributed by atoms with Gasteiger partial charge in [-0.1, -0.05) is 11.1 Å². The van der Waals surface area contributed by atoms with Gasteiger partial charge in [0.1, 0.15) is 6.10 Å². The fourth-order valence-corrected chi connectivity index (χ4v) is 0.638. The summed E-state index contributed by atoms with van der Waals surface area (Å²) < 4.78 is 0. The first-order valence-corrected chi connectivity index (χ1v) is 3.76. The summed E-state index contributed by atoms with van der Waals surface area (Å²) in [5, 5.41) is 9.16. The van der Waals surface area contributed by atoms with Gasteiger partial charge in [0.2, 0.25) is 0 Å². The molecule has 0 aromatic rings. The lowest BCUT2D eigenvalue weighted by atomic mass is 10.0. The average Bonchev–Trinajstić information content (AvgIpc) is 1.87. The molecule has 1 atom stereocenters. The molecule has 0 bridgehead atoms. The number of hydrogen-bond acceptors (Lipinski definition) is 2. The van der Waals surface area contributed by atoms with Crippen molar-refractivity contribution in [3.8, 4) is 0 Å². The summed E-state index contributed by atoms with van der Waals surface area (Å²) >= 11 is 0. The van der Waals surface area contributed by atoms with E-state index in [9.17, 15) is 4.79 Å². The van der Waals surface area contributed by atoms with Gasteiger partial charge in [0.15, 0.2) is 5.78 Å². The van der Waals surface area contributed by atoms with Crippen LogP contribution in [0.5, 0.6) is 0 Å². The third kappa shape index (κ3) is 3.94. The van der Waals surface area contributed by atoms with E-state index in [0.717, 1.165) is 5.57 Å². The number of carbonyl (C=O) groups excluding carboxylic acids is 1. The zero-order valence-electron chi connectivity index (χ0n) is 7.64. The Hall–Kier alpha value is -0.630. The molecular formula is C9H16O2. The number of aliphatic hydroxyl groups is 1. The number of allylic oxidation sites excluding steroid dienone is 1. The Morgan fingerprint density at radius 3 is 2.00 bits per heavy atom. The van der Waals surface area contributed by atoms with Gasteiger partial charge in [-0.2, -0.15) is 0 Å². The molecule has 0 fully saturated rings. The Labute approximate surface area is 67.9 Å². The molecule has 1 unspecified atom stereocenters. The molecule has 0 aliphatic heterocycles. The van der Waals surface area contributed by atoms with E-state index < -0.39 is 6.10 Å². The first-order valence-electron chi connectivity index (χ1n) is 3.76. The predicted molar refractivity (Wildman–Crippen MR) is 45.4 cm³/mol. The summed E-state index contributed by atoms with van der Waals surface area (Å²) in [6, 6.07) is 0. The van der Waals surface area contributed by atoms with Gasteiger partial charge in [-0.15, -0.1) is 0 Å². The molecule has 64 valence electrons. The normalized spacial score (nSPS) is 12.5. The molecule has 0 aliphatic carbocycles. The number of Topliss-reactive ketones (excluding diaryl/α,β-unsaturated/α-hetero) is 1. The van der Waals surface area contributed by atoms with Gasteiger partial charge in [0.25, 0.3) is 0 Å². The van der Waals surface area contributed by atoms with Gasteiger partial charge in [0.05, 0.1) is 0 Å². The van der Waals surface area contributed by atoms with Gasteiger partial charge >= 0.3 is 0 Å². The van der Waals surface area contributed by atoms with Gasteiger partial charge < -0.3 is 5.11 Å². The highest BCUT2D eigenvalue weighted by atomic mass is 16.3. The quantitative estimate of drug-likeness (QED) is 0.631. The zero-order valence-corrected chi connectivity index (χ0v) is 7.64. The lowest BCUT2D eigenvalue weighted by Crippen LogP contribution is -2.17. The number of ketones is 1. The average molecular weight is 156 g/mol. The van der Waals surface area contributed by atoms with Crippen LogP contribution in [0, 0.1) is 0 Å². The van der Waals surface area contributed by atoms with Gasteiger partial charge in [-0.05, 0) is 27.7 Å². The van der Waals surface area contributed by atoms with Gasteiger partial charge in [0, 0.05) is 6.42 Å². The summed E-state index contributed by atoms with van der Waals surface area (Å²) in [4.78, 5) is 10.6. The molecule has 2 heteroatoms. The Morgan fingerprint density at radius 2 is 1.73 bits per heavy atom. The molecule has 0 spiro atoms. The molecule has 0 rings (SSSR count). The Balaban J connectivity index is 4.06. The van der Waals surface area contributed by atoms with E-state index in [4.69, 9.17) is 5.11 Å². The van der Waals surface area contributed by atoms with Crippen molar-refractivity contribution in [3.63, 3.8) is 0 Å². The van der Waals surface area contributed by atoms with Crippen LogP contribution in [-0.2, 0) is 4.79 Å². The van der Waals surface area contributed by atoms with Crippen LogP contribution < -0.4 is 0 Å². The van der Waals surface area contributed by atoms with Crippen molar-refractivity contribution in [1.82, 2.24) is 0 Å². The van der Waals surface area contributed by atoms with Gasteiger partial charge in [-0.3, -0.25) is 4.79 Å². The standard InChI is InChI=1S/C9H16O2/c1-6(2)7(3)5-9(11)8(4)10/h9,11H,5H2,1-4H3. The fourth-order valence-electron chi connectivity index (χ4n) is 0.638. The molecule has 0 aromatic carbocycles. The number of rotatable bonds is 3. The summed E-state index contributed by atoms with van der Waals surface area (Å²) in [6.07, 6.45) is -0.345. The van der Waals surface area contributed by atoms with E-state index in [0.29, 0.717) is 6.42 Å². The topological polar surface area (TPSA) is 37.3 Å². The second-order valence-corrected chi connectivity index (χ2v) is 3.11. The Kier molecular flexibility index (Phi) is 4.04. The smallest absolute Gasteiger partial charge is 0.158 e. The minimum Gasteiger partial charge on any atom is -0.385 e. The molecule has 11 heavy (non-hydrogen) atoms. The Bertz CT molecular complexity index is 176. The van der Waals surface area contributed by atoms with Crippen molar-refractivity contribution in [2.24, 2.45) is 0 Å². The van der Waals surface area contributed by atoms with Crippen LogP contribution in [0.2, 0.25) is 0 Å². The largest absolute Gasteiger partial charge is 0.385 e. The van der Waals surface area contributed by atoms with Crippen LogP contribution in [0.15, 0.2) is 11.1 Å². The first-order chi connectivity index (χ1) is 4.95. The van der Waals surface area contributed by atoms with E-state index in [2.05, 4.69) is 0 Å². The highest BCUT2D eigenvalue weighted by Gasteiger charge is 2.09. The molecule has 0 aromatic heterocycles. The third-order valence-electron chi connectivity index (χ3n) is 1.82. The molecule has 0 aliphatic rings. The summed E-state index contributed by atoms with van der Waals surface area (Å²) in [5.74, 6) is -0.161. The first kappa shape index (κ1) is 10.4. The molecule has 1 N–H and O–H groups in total. The van der Waals surface area contributed by atoms with Crippen LogP contribution in [0.4, 0.5) is 0 Å². The maximum Gasteiger partial charge on any atom is 0.158 e. The second-order valence-electron chi connectivity index (χ2n) is 3.11. The second kappa shape index (κ2) is 4.29. The molecule has 2 nitrogen and oxygen atoms in total. The van der Waals surface area contributed by atoms with E-state index in [1.807, 2.05) is 20.8 Å². The lowest BCUT2D eigenvalue weighted by Gasteiger charge is -2.07. The molecule has 0 saturated heterocycles. The van der Waals surface area contributed by atoms with Crippen molar-refractivity contribution >= 4 is 5.78 Å². The van der Waals surface area contributed by atoms with Gasteiger partial charge in [-0.25, -0.2) is 0 Å². The minimum absolute atomic E-state index is 0.161. The van der Waals surface area contributed by atoms with Crippen LogP contribution in [0.25, 0.3) is 0 Å². The molecule has 0 radical (unpaired) electrons. The number of aliphatic hydroxyl groups excluding tert-OH is 1. The molecular weight excluding hydrogens is 140 g/mol. The predicted octanol–water partition coefficient (Wildman–Crippen LogP) is 1.68. The van der Waals surface area contributed by atoms with Crippen molar-refractivity contribution in [1.29, 1.82) is 0 Å². The van der Waals surface area contributed by atoms with Crippen molar-refractivity contribution in [3.05, 3.63) is 11.1 Å². The van der Waals surface area contributed by atoms with Crippen molar-refractivity contribution < 1.29 is 9.90 Å². The SMILES string of the molecule is CC(=O)C(O)CC(C)=C(C)C. The van der Waals surface area contributed by atoms with Crippen molar-refractivity contribution in [2.75, 3.05) is 0 Å². The van der Waals surface area contributed by atoms with Crippen molar-refractivity contribution in [2.45, 2.75) is 40.2 Å². The molecule has 0 saturated carbocycles. The minimum atomic E-state index is -0.815. The third-order valence-corrected chi connectivity index (χ3v) is 1.82.